The van der Waals surface area contributed by atoms with Gasteiger partial charge in [0.1, 0.15) is 10.1 Å². The maximum Gasteiger partial charge on any atom is 0.106 e. The average Bonchev–Trinajstić information content (AvgIpc) is 2.68. The first-order chi connectivity index (χ1) is 12.3. The third-order valence-electron chi connectivity index (χ3n) is 3.12. The molecule has 1 atom stereocenters. The van der Waals surface area contributed by atoms with Crippen molar-refractivity contribution in [3.63, 3.8) is 0 Å². The second kappa shape index (κ2) is 15.9. The molecule has 1 unspecified atom stereocenters. The molecule has 0 aliphatic rings. The summed E-state index contributed by atoms with van der Waals surface area (Å²) in [5, 5.41) is 2.92. The van der Waals surface area contributed by atoms with Gasteiger partial charge in [0.15, 0.2) is 0 Å². The minimum absolute atomic E-state index is 0.706. The van der Waals surface area contributed by atoms with E-state index in [-0.39, 0.29) is 0 Å². The molecule has 0 bridgehead atoms. The van der Waals surface area contributed by atoms with Gasteiger partial charge < -0.3 is 0 Å². The van der Waals surface area contributed by atoms with E-state index < -0.39 is 0 Å². The standard InChI is InChI=1S/C10H15NS2.C9H13NS2/c1-2-3-6-9-12-13-10-7-4-5-8-11-10;1-3-8(2)11-12-9-6-4-5-7-10-9/h4-5,7-8H,2-3,6,9H2,1H3;4-8H,3H2,1-2H3. The number of pyridine rings is 2. The SMILES string of the molecule is CCC(C)SSc1ccccn1.CCCCCSSc1ccccn1. The number of aromatic nitrogens is 2. The Morgan fingerprint density at radius 2 is 1.52 bits per heavy atom. The van der Waals surface area contributed by atoms with Gasteiger partial charge in [-0.25, -0.2) is 9.97 Å². The van der Waals surface area contributed by atoms with Gasteiger partial charge in [-0.2, -0.15) is 0 Å². The van der Waals surface area contributed by atoms with Crippen molar-refractivity contribution in [2.75, 3.05) is 5.75 Å². The van der Waals surface area contributed by atoms with Crippen LogP contribution in [0, 0.1) is 0 Å². The molecular formula is C19H28N2S4. The van der Waals surface area contributed by atoms with Crippen molar-refractivity contribution in [2.24, 2.45) is 0 Å². The van der Waals surface area contributed by atoms with E-state index in [0.29, 0.717) is 5.25 Å². The fourth-order valence-electron chi connectivity index (χ4n) is 1.51. The van der Waals surface area contributed by atoms with Crippen LogP contribution in [-0.2, 0) is 0 Å². The molecule has 2 nitrogen and oxygen atoms in total. The second-order valence-electron chi connectivity index (χ2n) is 5.35. The van der Waals surface area contributed by atoms with E-state index in [1.807, 2.05) is 64.3 Å². The zero-order valence-corrected chi connectivity index (χ0v) is 18.5. The molecule has 0 N–H and O–H groups in total. The number of unbranched alkanes of at least 4 members (excludes halogenated alkanes) is 2. The van der Waals surface area contributed by atoms with E-state index in [4.69, 9.17) is 0 Å². The van der Waals surface area contributed by atoms with E-state index in [2.05, 4.69) is 36.8 Å². The molecule has 0 saturated carbocycles. The van der Waals surface area contributed by atoms with Crippen molar-refractivity contribution in [2.45, 2.75) is 61.8 Å². The summed E-state index contributed by atoms with van der Waals surface area (Å²) >= 11 is 0. The van der Waals surface area contributed by atoms with Crippen molar-refractivity contribution in [3.05, 3.63) is 48.8 Å². The Morgan fingerprint density at radius 1 is 0.880 bits per heavy atom. The van der Waals surface area contributed by atoms with Gasteiger partial charge in [0.2, 0.25) is 0 Å². The first kappa shape index (κ1) is 22.7. The van der Waals surface area contributed by atoms with Gasteiger partial charge in [-0.1, -0.05) is 67.3 Å². The molecule has 0 aromatic carbocycles. The zero-order chi connectivity index (χ0) is 18.2. The summed E-state index contributed by atoms with van der Waals surface area (Å²) in [4.78, 5) is 8.47. The maximum atomic E-state index is 4.24. The van der Waals surface area contributed by atoms with Gasteiger partial charge >= 0.3 is 0 Å². The smallest absolute Gasteiger partial charge is 0.106 e. The van der Waals surface area contributed by atoms with Crippen molar-refractivity contribution < 1.29 is 0 Å². The lowest BCUT2D eigenvalue weighted by Crippen LogP contribution is -1.88. The Hall–Kier alpha value is -0.300. The highest BCUT2D eigenvalue weighted by Gasteiger charge is 2.00. The van der Waals surface area contributed by atoms with Crippen LogP contribution in [0.2, 0.25) is 0 Å². The predicted molar refractivity (Wildman–Crippen MR) is 120 cm³/mol. The van der Waals surface area contributed by atoms with Crippen LogP contribution in [0.5, 0.6) is 0 Å². The predicted octanol–water partition coefficient (Wildman–Crippen LogP) is 7.63. The van der Waals surface area contributed by atoms with Gasteiger partial charge in [-0.15, -0.1) is 0 Å². The first-order valence-corrected chi connectivity index (χ1v) is 13.2. The minimum atomic E-state index is 0.706. The van der Waals surface area contributed by atoms with Crippen molar-refractivity contribution in [1.29, 1.82) is 0 Å². The van der Waals surface area contributed by atoms with Crippen LogP contribution in [0.15, 0.2) is 58.8 Å². The summed E-state index contributed by atoms with van der Waals surface area (Å²) in [6, 6.07) is 12.0. The van der Waals surface area contributed by atoms with Crippen LogP contribution in [0.3, 0.4) is 0 Å². The van der Waals surface area contributed by atoms with E-state index in [9.17, 15) is 0 Å². The molecule has 0 aliphatic carbocycles. The van der Waals surface area contributed by atoms with Crippen LogP contribution < -0.4 is 0 Å². The average molecular weight is 413 g/mol. The van der Waals surface area contributed by atoms with Crippen molar-refractivity contribution in [1.82, 2.24) is 9.97 Å². The topological polar surface area (TPSA) is 25.8 Å². The highest BCUT2D eigenvalue weighted by Crippen LogP contribution is 2.33. The Morgan fingerprint density at radius 3 is 2.04 bits per heavy atom. The summed E-state index contributed by atoms with van der Waals surface area (Å²) in [6.45, 7) is 6.67. The third kappa shape index (κ3) is 12.7. The molecule has 2 aromatic rings. The summed E-state index contributed by atoms with van der Waals surface area (Å²) in [6.07, 6.45) is 8.85. The summed E-state index contributed by atoms with van der Waals surface area (Å²) in [5.41, 5.74) is 0. The molecule has 2 aromatic heterocycles. The molecule has 0 fully saturated rings. The minimum Gasteiger partial charge on any atom is -0.249 e. The number of hydrogen-bond acceptors (Lipinski definition) is 6. The number of rotatable bonds is 10. The van der Waals surface area contributed by atoms with Crippen molar-refractivity contribution in [3.8, 4) is 0 Å². The summed E-state index contributed by atoms with van der Waals surface area (Å²) in [5.74, 6) is 1.23. The maximum absolute atomic E-state index is 4.24. The van der Waals surface area contributed by atoms with Crippen LogP contribution >= 0.6 is 43.2 Å². The zero-order valence-electron chi connectivity index (χ0n) is 15.3. The van der Waals surface area contributed by atoms with Gasteiger partial charge in [0.25, 0.3) is 0 Å². The summed E-state index contributed by atoms with van der Waals surface area (Å²) < 4.78 is 0. The molecular weight excluding hydrogens is 384 g/mol. The van der Waals surface area contributed by atoms with E-state index in [0.717, 1.165) is 10.1 Å². The lowest BCUT2D eigenvalue weighted by Gasteiger charge is -2.05. The lowest BCUT2D eigenvalue weighted by molar-refractivity contribution is 0.779. The largest absolute Gasteiger partial charge is 0.249 e. The number of nitrogens with zero attached hydrogens (tertiary/aromatic N) is 2. The number of hydrogen-bond donors (Lipinski definition) is 0. The van der Waals surface area contributed by atoms with E-state index in [1.54, 1.807) is 21.6 Å². The highest BCUT2D eigenvalue weighted by atomic mass is 33.1. The fourth-order valence-corrected chi connectivity index (χ4v) is 5.66. The van der Waals surface area contributed by atoms with Gasteiger partial charge in [0, 0.05) is 23.4 Å². The molecule has 25 heavy (non-hydrogen) atoms. The molecule has 0 saturated heterocycles. The molecule has 2 rings (SSSR count). The summed E-state index contributed by atoms with van der Waals surface area (Å²) in [7, 11) is 7.32. The Kier molecular flexibility index (Phi) is 14.5. The molecule has 0 amide bonds. The van der Waals surface area contributed by atoms with Crippen molar-refractivity contribution >= 4 is 43.2 Å². The fraction of sp³-hybridized carbons (Fsp3) is 0.474. The Balaban J connectivity index is 0.000000251. The Bertz CT molecular complexity index is 525. The van der Waals surface area contributed by atoms with E-state index in [1.165, 1.54) is 31.4 Å². The van der Waals surface area contributed by atoms with Crippen LogP contribution in [-0.4, -0.2) is 21.0 Å². The highest BCUT2D eigenvalue weighted by molar-refractivity contribution is 8.77. The third-order valence-corrected chi connectivity index (χ3v) is 8.43. The van der Waals surface area contributed by atoms with Crippen LogP contribution in [0.4, 0.5) is 0 Å². The molecule has 0 radical (unpaired) electrons. The van der Waals surface area contributed by atoms with Gasteiger partial charge in [-0.05, 0) is 58.7 Å². The lowest BCUT2D eigenvalue weighted by atomic mass is 10.3. The normalized spacial score (nSPS) is 11.5. The Labute approximate surface area is 169 Å². The molecule has 0 aliphatic heterocycles. The van der Waals surface area contributed by atoms with Crippen LogP contribution in [0.25, 0.3) is 0 Å². The van der Waals surface area contributed by atoms with Gasteiger partial charge in [0.05, 0.1) is 0 Å². The quantitative estimate of drug-likeness (QED) is 0.294. The molecule has 0 spiro atoms. The first-order valence-electron chi connectivity index (χ1n) is 8.71. The van der Waals surface area contributed by atoms with Crippen LogP contribution in [0.1, 0.15) is 46.5 Å². The van der Waals surface area contributed by atoms with Gasteiger partial charge in [-0.3, -0.25) is 0 Å². The monoisotopic (exact) mass is 412 g/mol. The second-order valence-corrected chi connectivity index (χ2v) is 10.4. The van der Waals surface area contributed by atoms with E-state index >= 15 is 0 Å². The molecule has 6 heteroatoms. The molecule has 2 heterocycles. The molecule has 138 valence electrons.